The molecular weight excluding hydrogens is 366 g/mol. The number of amides is 2. The molecule has 1 fully saturated rings. The van der Waals surface area contributed by atoms with Gasteiger partial charge in [0.25, 0.3) is 0 Å². The van der Waals surface area contributed by atoms with Crippen LogP contribution in [0.15, 0.2) is 42.6 Å². The smallest absolute Gasteiger partial charge is 0.242 e. The van der Waals surface area contributed by atoms with Crippen LogP contribution in [0.1, 0.15) is 29.8 Å². The fourth-order valence-corrected chi connectivity index (χ4v) is 3.19. The number of nitrogens with one attached hydrogen (secondary N) is 1. The minimum absolute atomic E-state index is 0.00799. The molecule has 0 aliphatic carbocycles. The van der Waals surface area contributed by atoms with Crippen molar-refractivity contribution < 1.29 is 14.3 Å². The molecule has 2 amide bonds. The first-order chi connectivity index (χ1) is 13.0. The summed E-state index contributed by atoms with van der Waals surface area (Å²) in [6.07, 6.45) is 2.32. The van der Waals surface area contributed by atoms with Gasteiger partial charge in [-0.25, -0.2) is 0 Å². The highest BCUT2D eigenvalue weighted by Gasteiger charge is 2.26. The largest absolute Gasteiger partial charge is 0.368 e. The predicted octanol–water partition coefficient (Wildman–Crippen LogP) is 2.36. The van der Waals surface area contributed by atoms with Gasteiger partial charge >= 0.3 is 0 Å². The summed E-state index contributed by atoms with van der Waals surface area (Å²) in [6, 6.07) is 11.7. The van der Waals surface area contributed by atoms with Crippen molar-refractivity contribution in [3.8, 4) is 0 Å². The number of benzene rings is 1. The third kappa shape index (κ3) is 5.52. The Morgan fingerprint density at radius 2 is 2.15 bits per heavy atom. The number of rotatable bonds is 5. The Kier molecular flexibility index (Phi) is 6.42. The highest BCUT2D eigenvalue weighted by molar-refractivity contribution is 6.30. The van der Waals surface area contributed by atoms with Gasteiger partial charge in [-0.05, 0) is 35.7 Å². The summed E-state index contributed by atoms with van der Waals surface area (Å²) in [4.78, 5) is 29.4. The summed E-state index contributed by atoms with van der Waals surface area (Å²) in [5.41, 5.74) is 3.00. The lowest BCUT2D eigenvalue weighted by molar-refractivity contribution is -0.139. The molecule has 0 unspecified atom stereocenters. The van der Waals surface area contributed by atoms with Gasteiger partial charge in [0.1, 0.15) is 6.10 Å². The molecule has 3 rings (SSSR count). The normalized spacial score (nSPS) is 16.8. The summed E-state index contributed by atoms with van der Waals surface area (Å²) in [6.45, 7) is 2.79. The lowest BCUT2D eigenvalue weighted by atomic mass is 10.1. The molecule has 1 aliphatic heterocycles. The first kappa shape index (κ1) is 19.3. The van der Waals surface area contributed by atoms with E-state index in [1.54, 1.807) is 4.90 Å². The van der Waals surface area contributed by atoms with Gasteiger partial charge in [-0.1, -0.05) is 29.8 Å². The Bertz CT molecular complexity index is 810. The van der Waals surface area contributed by atoms with Gasteiger partial charge < -0.3 is 15.0 Å². The van der Waals surface area contributed by atoms with E-state index in [0.717, 1.165) is 28.3 Å². The molecule has 1 aromatic heterocycles. The van der Waals surface area contributed by atoms with Crippen LogP contribution < -0.4 is 5.32 Å². The molecule has 6 nitrogen and oxygen atoms in total. The molecule has 1 aromatic carbocycles. The average Bonchev–Trinajstić information content (AvgIpc) is 2.67. The Labute approximate surface area is 163 Å². The van der Waals surface area contributed by atoms with Crippen molar-refractivity contribution >= 4 is 23.4 Å². The second kappa shape index (κ2) is 8.97. The molecule has 1 aliphatic rings. The van der Waals surface area contributed by atoms with Crippen LogP contribution in [0, 0.1) is 0 Å². The maximum Gasteiger partial charge on any atom is 0.242 e. The topological polar surface area (TPSA) is 71.5 Å². The lowest BCUT2D eigenvalue weighted by Gasteiger charge is -2.32. The minimum atomic E-state index is -0.264. The fourth-order valence-electron chi connectivity index (χ4n) is 2.98. The molecule has 0 radical (unpaired) electrons. The average molecular weight is 388 g/mol. The van der Waals surface area contributed by atoms with Crippen LogP contribution in [0.5, 0.6) is 0 Å². The van der Waals surface area contributed by atoms with Crippen molar-refractivity contribution in [2.45, 2.75) is 19.4 Å². The number of ether oxygens (including phenoxy) is 1. The van der Waals surface area contributed by atoms with Crippen molar-refractivity contribution in [3.63, 3.8) is 0 Å². The summed E-state index contributed by atoms with van der Waals surface area (Å²) in [5, 5.41) is 3.25. The zero-order valence-corrected chi connectivity index (χ0v) is 15.9. The van der Waals surface area contributed by atoms with E-state index in [4.69, 9.17) is 16.3 Å². The SMILES string of the molecule is CC(=O)NCC(=O)N1CCO[C@@H](c2ccc(Cc3cccc(Cl)c3)cn2)C1. The predicted molar refractivity (Wildman–Crippen MR) is 102 cm³/mol. The standard InChI is InChI=1S/C20H22ClN3O3/c1-14(25)22-12-20(26)24-7-8-27-19(13-24)18-6-5-16(11-23-18)9-15-3-2-4-17(21)10-15/h2-6,10-11,19H,7-9,12-13H2,1H3,(H,22,25)/t19-/m1/s1. The van der Waals surface area contributed by atoms with Crippen molar-refractivity contribution in [1.29, 1.82) is 0 Å². The fraction of sp³-hybridized carbons (Fsp3) is 0.350. The molecule has 1 N–H and O–H groups in total. The van der Waals surface area contributed by atoms with Crippen LogP contribution in [0.3, 0.4) is 0 Å². The van der Waals surface area contributed by atoms with E-state index in [1.807, 2.05) is 42.6 Å². The van der Waals surface area contributed by atoms with Gasteiger partial charge in [-0.3, -0.25) is 14.6 Å². The van der Waals surface area contributed by atoms with Gasteiger partial charge in [0.05, 0.1) is 25.4 Å². The maximum atomic E-state index is 12.2. The number of carbonyl (C=O) groups excluding carboxylic acids is 2. The number of hydrogen-bond acceptors (Lipinski definition) is 4. The Hall–Kier alpha value is -2.44. The number of morpholine rings is 1. The quantitative estimate of drug-likeness (QED) is 0.854. The monoisotopic (exact) mass is 387 g/mol. The zero-order chi connectivity index (χ0) is 19.2. The Balaban J connectivity index is 1.60. The molecule has 1 atom stereocenters. The molecule has 2 aromatic rings. The Morgan fingerprint density at radius 3 is 2.85 bits per heavy atom. The van der Waals surface area contributed by atoms with Crippen LogP contribution in [-0.2, 0) is 20.7 Å². The molecule has 142 valence electrons. The number of hydrogen-bond donors (Lipinski definition) is 1. The van der Waals surface area contributed by atoms with E-state index < -0.39 is 0 Å². The molecule has 2 heterocycles. The first-order valence-corrected chi connectivity index (χ1v) is 9.22. The van der Waals surface area contributed by atoms with Crippen LogP contribution in [0.25, 0.3) is 0 Å². The van der Waals surface area contributed by atoms with Crippen LogP contribution in [0.4, 0.5) is 0 Å². The van der Waals surface area contributed by atoms with Crippen LogP contribution in [0.2, 0.25) is 5.02 Å². The van der Waals surface area contributed by atoms with E-state index in [2.05, 4.69) is 10.3 Å². The van der Waals surface area contributed by atoms with E-state index in [9.17, 15) is 9.59 Å². The molecule has 7 heteroatoms. The zero-order valence-electron chi connectivity index (χ0n) is 15.2. The Morgan fingerprint density at radius 1 is 1.30 bits per heavy atom. The molecule has 0 saturated carbocycles. The number of nitrogens with zero attached hydrogens (tertiary/aromatic N) is 2. The van der Waals surface area contributed by atoms with Gasteiger partial charge in [0.15, 0.2) is 0 Å². The van der Waals surface area contributed by atoms with Crippen LogP contribution >= 0.6 is 11.6 Å². The van der Waals surface area contributed by atoms with Gasteiger partial charge in [-0.2, -0.15) is 0 Å². The number of carbonyl (C=O) groups is 2. The molecule has 0 bridgehead atoms. The van der Waals surface area contributed by atoms with Gasteiger partial charge in [0, 0.05) is 24.7 Å². The van der Waals surface area contributed by atoms with E-state index >= 15 is 0 Å². The molecule has 0 spiro atoms. The highest BCUT2D eigenvalue weighted by atomic mass is 35.5. The van der Waals surface area contributed by atoms with E-state index in [0.29, 0.717) is 19.7 Å². The third-order valence-electron chi connectivity index (χ3n) is 4.38. The first-order valence-electron chi connectivity index (χ1n) is 8.84. The van der Waals surface area contributed by atoms with Crippen molar-refractivity contribution in [3.05, 3.63) is 64.4 Å². The third-order valence-corrected chi connectivity index (χ3v) is 4.62. The summed E-state index contributed by atoms with van der Waals surface area (Å²) < 4.78 is 5.78. The number of aromatic nitrogens is 1. The van der Waals surface area contributed by atoms with Crippen molar-refractivity contribution in [2.75, 3.05) is 26.2 Å². The second-order valence-corrected chi connectivity index (χ2v) is 6.94. The number of halogens is 1. The van der Waals surface area contributed by atoms with E-state index in [-0.39, 0.29) is 24.5 Å². The molecule has 27 heavy (non-hydrogen) atoms. The van der Waals surface area contributed by atoms with Crippen molar-refractivity contribution in [1.82, 2.24) is 15.2 Å². The summed E-state index contributed by atoms with van der Waals surface area (Å²) in [5.74, 6) is -0.332. The summed E-state index contributed by atoms with van der Waals surface area (Å²) >= 11 is 6.03. The maximum absolute atomic E-state index is 12.2. The van der Waals surface area contributed by atoms with Crippen LogP contribution in [-0.4, -0.2) is 47.9 Å². The summed E-state index contributed by atoms with van der Waals surface area (Å²) in [7, 11) is 0. The van der Waals surface area contributed by atoms with Gasteiger partial charge in [-0.15, -0.1) is 0 Å². The molecule has 1 saturated heterocycles. The van der Waals surface area contributed by atoms with Gasteiger partial charge in [0.2, 0.25) is 11.8 Å². The molecular formula is C20H22ClN3O3. The highest BCUT2D eigenvalue weighted by Crippen LogP contribution is 2.21. The van der Waals surface area contributed by atoms with Crippen molar-refractivity contribution in [2.24, 2.45) is 0 Å². The minimum Gasteiger partial charge on any atom is -0.368 e. The second-order valence-electron chi connectivity index (χ2n) is 6.51. The number of pyridine rings is 1. The lowest BCUT2D eigenvalue weighted by Crippen LogP contribution is -2.46. The van der Waals surface area contributed by atoms with E-state index in [1.165, 1.54) is 6.92 Å².